The number of hydrogen-bond donors (Lipinski definition) is 4. The third-order valence-electron chi connectivity index (χ3n) is 6.04. The minimum absolute atomic E-state index is 0.228. The van der Waals surface area contributed by atoms with Crippen molar-refractivity contribution in [2.75, 3.05) is 19.8 Å². The van der Waals surface area contributed by atoms with E-state index >= 15 is 0 Å². The Kier molecular flexibility index (Phi) is 17.1. The molecule has 0 saturated carbocycles. The topological polar surface area (TPSA) is 152 Å². The van der Waals surface area contributed by atoms with Gasteiger partial charge < -0.3 is 39.4 Å². The van der Waals surface area contributed by atoms with Crippen LogP contribution in [0.2, 0.25) is 0 Å². The van der Waals surface area contributed by atoms with E-state index in [0.29, 0.717) is 0 Å². The zero-order valence-electron chi connectivity index (χ0n) is 21.3. The molecule has 1 heterocycles. The highest BCUT2D eigenvalue weighted by atomic mass is 16.7. The summed E-state index contributed by atoms with van der Waals surface area (Å²) in [5.41, 5.74) is 0. The largest absolute Gasteiger partial charge is 0.462 e. The monoisotopic (exact) mass is 506 g/mol. The Morgan fingerprint density at radius 2 is 1.40 bits per heavy atom. The average Bonchev–Trinajstić information content (AvgIpc) is 2.83. The van der Waals surface area contributed by atoms with E-state index in [1.807, 2.05) is 0 Å². The SMILES string of the molecule is CCCCCCCCCCCCCC(=O)OC[C@@H](CO[C@@H]1O[C@H](CO)[C@H](O)[C@H](O)[C@H]1O)OC(C)=O. The second-order valence-electron chi connectivity index (χ2n) is 9.23. The summed E-state index contributed by atoms with van der Waals surface area (Å²) in [6.07, 6.45) is 5.18. The van der Waals surface area contributed by atoms with Crippen molar-refractivity contribution < 1.29 is 49.0 Å². The van der Waals surface area contributed by atoms with Gasteiger partial charge in [-0.3, -0.25) is 9.59 Å². The summed E-state index contributed by atoms with van der Waals surface area (Å²) >= 11 is 0. The first-order chi connectivity index (χ1) is 16.8. The number of aliphatic hydroxyl groups is 4. The number of hydrogen-bond acceptors (Lipinski definition) is 10. The van der Waals surface area contributed by atoms with E-state index in [4.69, 9.17) is 18.9 Å². The fraction of sp³-hybridized carbons (Fsp3) is 0.920. The smallest absolute Gasteiger partial charge is 0.305 e. The maximum atomic E-state index is 12.1. The molecular weight excluding hydrogens is 460 g/mol. The molecule has 1 aliphatic heterocycles. The van der Waals surface area contributed by atoms with Crippen LogP contribution in [0.25, 0.3) is 0 Å². The van der Waals surface area contributed by atoms with Crippen molar-refractivity contribution in [2.45, 2.75) is 128 Å². The van der Waals surface area contributed by atoms with E-state index in [1.54, 1.807) is 0 Å². The fourth-order valence-electron chi connectivity index (χ4n) is 3.95. The van der Waals surface area contributed by atoms with Gasteiger partial charge in [0.25, 0.3) is 0 Å². The van der Waals surface area contributed by atoms with Gasteiger partial charge in [0.15, 0.2) is 12.4 Å². The van der Waals surface area contributed by atoms with Gasteiger partial charge in [-0.15, -0.1) is 0 Å². The van der Waals surface area contributed by atoms with Crippen molar-refractivity contribution in [3.05, 3.63) is 0 Å². The van der Waals surface area contributed by atoms with Crippen molar-refractivity contribution in [3.63, 3.8) is 0 Å². The van der Waals surface area contributed by atoms with Crippen LogP contribution in [0.1, 0.15) is 90.9 Å². The molecule has 1 saturated heterocycles. The number of carbonyl (C=O) groups excluding carboxylic acids is 2. The average molecular weight is 507 g/mol. The fourth-order valence-corrected chi connectivity index (χ4v) is 3.95. The van der Waals surface area contributed by atoms with E-state index in [0.717, 1.165) is 19.3 Å². The second-order valence-corrected chi connectivity index (χ2v) is 9.23. The summed E-state index contributed by atoms with van der Waals surface area (Å²) in [7, 11) is 0. The lowest BCUT2D eigenvalue weighted by Crippen LogP contribution is -2.59. The van der Waals surface area contributed by atoms with Crippen LogP contribution >= 0.6 is 0 Å². The molecule has 0 unspecified atom stereocenters. The van der Waals surface area contributed by atoms with E-state index in [-0.39, 0.29) is 19.6 Å². The summed E-state index contributed by atoms with van der Waals surface area (Å²) in [6.45, 7) is 2.32. The first-order valence-electron chi connectivity index (χ1n) is 13.0. The molecule has 1 aliphatic rings. The molecule has 0 aromatic heterocycles. The molecule has 10 nitrogen and oxygen atoms in total. The molecule has 0 aliphatic carbocycles. The Bertz CT molecular complexity index is 570. The van der Waals surface area contributed by atoms with E-state index in [1.165, 1.54) is 58.3 Å². The van der Waals surface area contributed by atoms with E-state index in [2.05, 4.69) is 6.92 Å². The number of esters is 2. The summed E-state index contributed by atoms with van der Waals surface area (Å²) in [6, 6.07) is 0. The van der Waals surface area contributed by atoms with Gasteiger partial charge >= 0.3 is 11.9 Å². The number of rotatable bonds is 19. The molecule has 1 rings (SSSR count). The molecule has 206 valence electrons. The Morgan fingerprint density at radius 1 is 0.829 bits per heavy atom. The van der Waals surface area contributed by atoms with Crippen LogP contribution in [0.4, 0.5) is 0 Å². The number of ether oxygens (including phenoxy) is 4. The molecule has 0 amide bonds. The quantitative estimate of drug-likeness (QED) is 0.151. The van der Waals surface area contributed by atoms with Crippen LogP contribution < -0.4 is 0 Å². The Labute approximate surface area is 208 Å². The first kappa shape index (κ1) is 31.7. The van der Waals surface area contributed by atoms with Crippen molar-refractivity contribution in [1.82, 2.24) is 0 Å². The highest BCUT2D eigenvalue weighted by molar-refractivity contribution is 5.69. The van der Waals surface area contributed by atoms with Crippen molar-refractivity contribution in [1.29, 1.82) is 0 Å². The normalized spacial score (nSPS) is 25.3. The predicted molar refractivity (Wildman–Crippen MR) is 127 cm³/mol. The van der Waals surface area contributed by atoms with Crippen molar-refractivity contribution >= 4 is 11.9 Å². The Morgan fingerprint density at radius 3 is 1.94 bits per heavy atom. The maximum absolute atomic E-state index is 12.1. The minimum Gasteiger partial charge on any atom is -0.462 e. The van der Waals surface area contributed by atoms with Gasteiger partial charge in [-0.05, 0) is 6.42 Å². The van der Waals surface area contributed by atoms with E-state index in [9.17, 15) is 30.0 Å². The lowest BCUT2D eigenvalue weighted by atomic mass is 9.99. The minimum atomic E-state index is -1.58. The molecule has 6 atom stereocenters. The highest BCUT2D eigenvalue weighted by Gasteiger charge is 2.44. The molecule has 0 bridgehead atoms. The molecule has 0 aromatic carbocycles. The van der Waals surface area contributed by atoms with Gasteiger partial charge in [-0.1, -0.05) is 71.1 Å². The van der Waals surface area contributed by atoms with Gasteiger partial charge in [0.2, 0.25) is 0 Å². The van der Waals surface area contributed by atoms with Crippen molar-refractivity contribution in [3.8, 4) is 0 Å². The third kappa shape index (κ3) is 13.5. The van der Waals surface area contributed by atoms with Gasteiger partial charge in [0.05, 0.1) is 13.2 Å². The molecule has 35 heavy (non-hydrogen) atoms. The van der Waals surface area contributed by atoms with Crippen LogP contribution in [0, 0.1) is 0 Å². The number of carbonyl (C=O) groups is 2. The van der Waals surface area contributed by atoms with Gasteiger partial charge in [0.1, 0.15) is 31.0 Å². The number of aliphatic hydroxyl groups excluding tert-OH is 4. The summed E-state index contributed by atoms with van der Waals surface area (Å²) in [5.74, 6) is -1.00. The van der Waals surface area contributed by atoms with Crippen LogP contribution in [0.15, 0.2) is 0 Å². The summed E-state index contributed by atoms with van der Waals surface area (Å²) in [5, 5.41) is 38.9. The summed E-state index contributed by atoms with van der Waals surface area (Å²) in [4.78, 5) is 23.4. The van der Waals surface area contributed by atoms with Crippen LogP contribution in [0.5, 0.6) is 0 Å². The lowest BCUT2D eigenvalue weighted by Gasteiger charge is -2.39. The zero-order chi connectivity index (χ0) is 26.1. The van der Waals surface area contributed by atoms with Gasteiger partial charge in [-0.25, -0.2) is 0 Å². The lowest BCUT2D eigenvalue weighted by molar-refractivity contribution is -0.305. The van der Waals surface area contributed by atoms with Crippen LogP contribution in [0.3, 0.4) is 0 Å². The second kappa shape index (κ2) is 18.9. The molecule has 0 spiro atoms. The van der Waals surface area contributed by atoms with Gasteiger partial charge in [0, 0.05) is 13.3 Å². The molecule has 4 N–H and O–H groups in total. The predicted octanol–water partition coefficient (Wildman–Crippen LogP) is 1.98. The highest BCUT2D eigenvalue weighted by Crippen LogP contribution is 2.22. The number of unbranched alkanes of at least 4 members (excludes halogenated alkanes) is 10. The maximum Gasteiger partial charge on any atom is 0.305 e. The standard InChI is InChI=1S/C25H46O10/c1-3-4-5-6-7-8-9-10-11-12-13-14-21(28)32-16-19(34-18(2)27)17-33-25-24(31)23(30)22(29)20(15-26)35-25/h19-20,22-26,29-31H,3-17H2,1-2H3/t19-,20+,22-,23-,24+,25+/m0/s1. The van der Waals surface area contributed by atoms with E-state index < -0.39 is 55.4 Å². The zero-order valence-corrected chi connectivity index (χ0v) is 21.3. The molecule has 0 aromatic rings. The Hall–Kier alpha value is -1.30. The van der Waals surface area contributed by atoms with Gasteiger partial charge in [-0.2, -0.15) is 0 Å². The molecule has 0 radical (unpaired) electrons. The summed E-state index contributed by atoms with van der Waals surface area (Å²) < 4.78 is 21.0. The third-order valence-corrected chi connectivity index (χ3v) is 6.04. The molecular formula is C25H46O10. The molecule has 1 fully saturated rings. The van der Waals surface area contributed by atoms with Crippen LogP contribution in [-0.2, 0) is 28.5 Å². The van der Waals surface area contributed by atoms with Crippen molar-refractivity contribution in [2.24, 2.45) is 0 Å². The van der Waals surface area contributed by atoms with Crippen LogP contribution in [-0.4, -0.2) is 89.0 Å². The Balaban J connectivity index is 2.24. The molecule has 10 heteroatoms. The first-order valence-corrected chi connectivity index (χ1v) is 13.0.